The van der Waals surface area contributed by atoms with Crippen molar-refractivity contribution in [2.45, 2.75) is 71.6 Å². The zero-order valence-electron chi connectivity index (χ0n) is 16.7. The molecule has 0 saturated carbocycles. The maximum absolute atomic E-state index is 12.4. The second-order valence-corrected chi connectivity index (χ2v) is 7.89. The number of ether oxygens (including phenoxy) is 2. The molecule has 0 rings (SSSR count). The van der Waals surface area contributed by atoms with Crippen molar-refractivity contribution in [1.29, 1.82) is 0 Å². The summed E-state index contributed by atoms with van der Waals surface area (Å²) in [5.41, 5.74) is -1.58. The van der Waals surface area contributed by atoms with E-state index in [9.17, 15) is 24.3 Å². The van der Waals surface area contributed by atoms with Crippen molar-refractivity contribution in [1.82, 2.24) is 10.2 Å². The van der Waals surface area contributed by atoms with Crippen LogP contribution < -0.4 is 5.32 Å². The zero-order chi connectivity index (χ0) is 21.4. The lowest BCUT2D eigenvalue weighted by atomic mass is 10.1. The number of hydrogen-bond donors (Lipinski definition) is 3. The topological polar surface area (TPSA) is 142 Å². The highest BCUT2D eigenvalue weighted by atomic mass is 16.6. The van der Waals surface area contributed by atoms with Gasteiger partial charge in [0.15, 0.2) is 0 Å². The van der Waals surface area contributed by atoms with Gasteiger partial charge in [0.2, 0.25) is 0 Å². The molecule has 1 atom stereocenters. The smallest absolute Gasteiger partial charge is 0.411 e. The summed E-state index contributed by atoms with van der Waals surface area (Å²) in [5, 5.41) is 20.6. The Kier molecular flexibility index (Phi) is 9.05. The molecule has 0 fully saturated rings. The van der Waals surface area contributed by atoms with Crippen LogP contribution in [0.5, 0.6) is 0 Å². The van der Waals surface area contributed by atoms with Gasteiger partial charge in [-0.05, 0) is 48.0 Å². The van der Waals surface area contributed by atoms with Crippen LogP contribution in [0.4, 0.5) is 9.59 Å². The Hall–Kier alpha value is -2.52. The number of hydrogen-bond acceptors (Lipinski definition) is 6. The Morgan fingerprint density at radius 1 is 0.963 bits per heavy atom. The molecule has 0 bridgehead atoms. The first kappa shape index (κ1) is 24.5. The predicted octanol–water partition coefficient (Wildman–Crippen LogP) is 2.07. The third-order valence-electron chi connectivity index (χ3n) is 2.94. The van der Waals surface area contributed by atoms with Crippen LogP contribution in [0.3, 0.4) is 0 Å². The molecule has 0 aromatic heterocycles. The van der Waals surface area contributed by atoms with E-state index in [0.717, 1.165) is 4.90 Å². The molecule has 156 valence electrons. The van der Waals surface area contributed by atoms with E-state index in [1.807, 2.05) is 0 Å². The lowest BCUT2D eigenvalue weighted by Gasteiger charge is -2.31. The summed E-state index contributed by atoms with van der Waals surface area (Å²) in [7, 11) is 0. The van der Waals surface area contributed by atoms with Crippen molar-refractivity contribution < 1.29 is 38.9 Å². The molecule has 0 unspecified atom stereocenters. The molecular weight excluding hydrogens is 360 g/mol. The molecule has 0 aromatic rings. The SMILES string of the molecule is CC(C)(C)OC(=O)NCCN(C(=O)OC(C)(C)C)[C@@H](CCC(=O)O)C(=O)O. The van der Waals surface area contributed by atoms with E-state index in [-0.39, 0.29) is 19.5 Å². The number of aliphatic carboxylic acids is 2. The van der Waals surface area contributed by atoms with Gasteiger partial charge in [-0.25, -0.2) is 14.4 Å². The van der Waals surface area contributed by atoms with Gasteiger partial charge in [-0.15, -0.1) is 0 Å². The fourth-order valence-electron chi connectivity index (χ4n) is 1.96. The van der Waals surface area contributed by atoms with Crippen molar-refractivity contribution in [3.05, 3.63) is 0 Å². The Morgan fingerprint density at radius 3 is 1.89 bits per heavy atom. The molecule has 10 heteroatoms. The van der Waals surface area contributed by atoms with Gasteiger partial charge in [-0.1, -0.05) is 0 Å². The average molecular weight is 390 g/mol. The number of nitrogens with zero attached hydrogens (tertiary/aromatic N) is 1. The highest BCUT2D eigenvalue weighted by Gasteiger charge is 2.33. The molecule has 2 amide bonds. The minimum atomic E-state index is -1.41. The third-order valence-corrected chi connectivity index (χ3v) is 2.94. The third kappa shape index (κ3) is 11.7. The molecule has 27 heavy (non-hydrogen) atoms. The van der Waals surface area contributed by atoms with Gasteiger partial charge in [0.25, 0.3) is 0 Å². The molecule has 0 radical (unpaired) electrons. The van der Waals surface area contributed by atoms with E-state index in [2.05, 4.69) is 5.32 Å². The normalized spacial score (nSPS) is 12.7. The van der Waals surface area contributed by atoms with Crippen molar-refractivity contribution in [2.75, 3.05) is 13.1 Å². The van der Waals surface area contributed by atoms with Gasteiger partial charge >= 0.3 is 24.1 Å². The summed E-state index contributed by atoms with van der Waals surface area (Å²) in [6, 6.07) is -1.41. The first-order valence-electron chi connectivity index (χ1n) is 8.53. The van der Waals surface area contributed by atoms with E-state index in [1.54, 1.807) is 41.5 Å². The Labute approximate surface area is 158 Å². The van der Waals surface area contributed by atoms with Crippen LogP contribution in [0.1, 0.15) is 54.4 Å². The molecular formula is C17H30N2O8. The first-order valence-corrected chi connectivity index (χ1v) is 8.53. The van der Waals surface area contributed by atoms with Crippen LogP contribution >= 0.6 is 0 Å². The average Bonchev–Trinajstić information content (AvgIpc) is 2.40. The number of carbonyl (C=O) groups excluding carboxylic acids is 2. The Morgan fingerprint density at radius 2 is 1.48 bits per heavy atom. The van der Waals surface area contributed by atoms with E-state index >= 15 is 0 Å². The minimum Gasteiger partial charge on any atom is -0.481 e. The number of carboxylic acid groups (broad SMARTS) is 2. The largest absolute Gasteiger partial charge is 0.481 e. The van der Waals surface area contributed by atoms with Gasteiger partial charge in [0, 0.05) is 19.5 Å². The zero-order valence-corrected chi connectivity index (χ0v) is 16.7. The van der Waals surface area contributed by atoms with E-state index in [1.165, 1.54) is 0 Å². The van der Waals surface area contributed by atoms with E-state index in [4.69, 9.17) is 14.6 Å². The van der Waals surface area contributed by atoms with Crippen LogP contribution in [-0.2, 0) is 19.1 Å². The monoisotopic (exact) mass is 390 g/mol. The Balaban J connectivity index is 5.16. The number of nitrogens with one attached hydrogen (secondary N) is 1. The van der Waals surface area contributed by atoms with Crippen LogP contribution in [-0.4, -0.2) is 69.6 Å². The quantitative estimate of drug-likeness (QED) is 0.571. The van der Waals surface area contributed by atoms with Crippen molar-refractivity contribution in [2.24, 2.45) is 0 Å². The van der Waals surface area contributed by atoms with Gasteiger partial charge < -0.3 is 25.0 Å². The minimum absolute atomic E-state index is 0.0923. The number of amides is 2. The molecule has 0 saturated heterocycles. The fraction of sp³-hybridized carbons (Fsp3) is 0.765. The number of alkyl carbamates (subject to hydrolysis) is 1. The first-order chi connectivity index (χ1) is 12.1. The molecule has 0 aliphatic heterocycles. The molecule has 0 aromatic carbocycles. The van der Waals surface area contributed by atoms with Crippen molar-refractivity contribution >= 4 is 24.1 Å². The maximum atomic E-state index is 12.4. The summed E-state index contributed by atoms with van der Waals surface area (Å²) >= 11 is 0. The molecule has 0 aliphatic rings. The standard InChI is InChI=1S/C17H30N2O8/c1-16(2,3)26-14(24)18-9-10-19(15(25)27-17(4,5)6)11(13(22)23)7-8-12(20)21/h11H,7-10H2,1-6H3,(H,18,24)(H,20,21)(H,22,23)/t11-/m0/s1. The van der Waals surface area contributed by atoms with Gasteiger partial charge in [-0.2, -0.15) is 0 Å². The van der Waals surface area contributed by atoms with Gasteiger partial charge in [-0.3, -0.25) is 9.69 Å². The Bertz CT molecular complexity index is 548. The summed E-state index contributed by atoms with van der Waals surface area (Å²) < 4.78 is 10.3. The summed E-state index contributed by atoms with van der Waals surface area (Å²) in [6.45, 7) is 9.64. The molecule has 0 spiro atoms. The lowest BCUT2D eigenvalue weighted by molar-refractivity contribution is -0.144. The van der Waals surface area contributed by atoms with Crippen molar-refractivity contribution in [3.63, 3.8) is 0 Å². The van der Waals surface area contributed by atoms with Gasteiger partial charge in [0.1, 0.15) is 17.2 Å². The lowest BCUT2D eigenvalue weighted by Crippen LogP contribution is -2.50. The van der Waals surface area contributed by atoms with Crippen LogP contribution in [0, 0.1) is 0 Å². The maximum Gasteiger partial charge on any atom is 0.411 e. The number of carbonyl (C=O) groups is 4. The van der Waals surface area contributed by atoms with Gasteiger partial charge in [0.05, 0.1) is 0 Å². The fourth-order valence-corrected chi connectivity index (χ4v) is 1.96. The van der Waals surface area contributed by atoms with Crippen LogP contribution in [0.15, 0.2) is 0 Å². The molecule has 10 nitrogen and oxygen atoms in total. The highest BCUT2D eigenvalue weighted by molar-refractivity contribution is 5.81. The summed E-state index contributed by atoms with van der Waals surface area (Å²) in [4.78, 5) is 47.3. The predicted molar refractivity (Wildman–Crippen MR) is 95.5 cm³/mol. The second-order valence-electron chi connectivity index (χ2n) is 7.89. The second kappa shape index (κ2) is 9.98. The summed E-state index contributed by atoms with van der Waals surface area (Å²) in [5.74, 6) is -2.54. The molecule has 3 N–H and O–H groups in total. The van der Waals surface area contributed by atoms with Crippen LogP contribution in [0.25, 0.3) is 0 Å². The summed E-state index contributed by atoms with van der Waals surface area (Å²) in [6.07, 6.45) is -2.36. The van der Waals surface area contributed by atoms with Crippen molar-refractivity contribution in [3.8, 4) is 0 Å². The molecule has 0 aliphatic carbocycles. The molecule has 0 heterocycles. The van der Waals surface area contributed by atoms with E-state index in [0.29, 0.717) is 0 Å². The van der Waals surface area contributed by atoms with Crippen LogP contribution in [0.2, 0.25) is 0 Å². The number of carboxylic acids is 2. The van der Waals surface area contributed by atoms with E-state index < -0.39 is 47.8 Å². The highest BCUT2D eigenvalue weighted by Crippen LogP contribution is 2.15. The number of rotatable bonds is 8.